The Morgan fingerprint density at radius 1 is 0.967 bits per heavy atom. The second-order valence-corrected chi connectivity index (χ2v) is 7.74. The SMILES string of the molecule is CC1CN(C(=O)CNC(=O)Cc2cccc3ccccc23)CC(c2ccccc2)O1. The number of hydrogen-bond donors (Lipinski definition) is 1. The number of carbonyl (C=O) groups excluding carboxylic acids is 2. The fourth-order valence-corrected chi connectivity index (χ4v) is 3.97. The Morgan fingerprint density at radius 2 is 1.70 bits per heavy atom. The first kappa shape index (κ1) is 20.1. The Balaban J connectivity index is 1.35. The summed E-state index contributed by atoms with van der Waals surface area (Å²) in [5.41, 5.74) is 2.02. The molecule has 0 spiro atoms. The predicted molar refractivity (Wildman–Crippen MR) is 117 cm³/mol. The van der Waals surface area contributed by atoms with Gasteiger partial charge in [-0.25, -0.2) is 0 Å². The largest absolute Gasteiger partial charge is 0.367 e. The smallest absolute Gasteiger partial charge is 0.242 e. The molecule has 0 aromatic heterocycles. The third-order valence-corrected chi connectivity index (χ3v) is 5.45. The van der Waals surface area contributed by atoms with Crippen LogP contribution in [0, 0.1) is 0 Å². The molecule has 2 atom stereocenters. The van der Waals surface area contributed by atoms with Crippen LogP contribution in [0.2, 0.25) is 0 Å². The molecule has 1 aliphatic heterocycles. The molecule has 5 nitrogen and oxygen atoms in total. The summed E-state index contributed by atoms with van der Waals surface area (Å²) in [6.45, 7) is 2.99. The minimum absolute atomic E-state index is 0.00215. The predicted octanol–water partition coefficient (Wildman–Crippen LogP) is 3.49. The van der Waals surface area contributed by atoms with Gasteiger partial charge in [0, 0.05) is 6.54 Å². The summed E-state index contributed by atoms with van der Waals surface area (Å²) in [4.78, 5) is 27.0. The molecular weight excluding hydrogens is 376 g/mol. The summed E-state index contributed by atoms with van der Waals surface area (Å²) in [6.07, 6.45) is 0.0467. The molecule has 1 heterocycles. The molecule has 3 aromatic rings. The molecule has 154 valence electrons. The maximum absolute atomic E-state index is 12.7. The molecule has 0 aliphatic carbocycles. The zero-order valence-electron chi connectivity index (χ0n) is 17.1. The zero-order valence-corrected chi connectivity index (χ0v) is 17.1. The van der Waals surface area contributed by atoms with E-state index in [-0.39, 0.29) is 37.0 Å². The molecule has 5 heteroatoms. The van der Waals surface area contributed by atoms with Crippen molar-refractivity contribution in [2.24, 2.45) is 0 Å². The average Bonchev–Trinajstić information content (AvgIpc) is 2.78. The number of morpholine rings is 1. The van der Waals surface area contributed by atoms with Crippen molar-refractivity contribution in [3.05, 3.63) is 83.9 Å². The van der Waals surface area contributed by atoms with Crippen LogP contribution < -0.4 is 5.32 Å². The van der Waals surface area contributed by atoms with E-state index in [1.54, 1.807) is 4.90 Å². The van der Waals surface area contributed by atoms with Crippen molar-refractivity contribution < 1.29 is 14.3 Å². The van der Waals surface area contributed by atoms with Crippen molar-refractivity contribution in [2.45, 2.75) is 25.6 Å². The van der Waals surface area contributed by atoms with Gasteiger partial charge < -0.3 is 15.0 Å². The lowest BCUT2D eigenvalue weighted by molar-refractivity contribution is -0.145. The lowest BCUT2D eigenvalue weighted by Crippen LogP contribution is -2.49. The monoisotopic (exact) mass is 402 g/mol. The highest BCUT2D eigenvalue weighted by atomic mass is 16.5. The van der Waals surface area contributed by atoms with Crippen LogP contribution in [-0.2, 0) is 20.7 Å². The van der Waals surface area contributed by atoms with Crippen LogP contribution in [0.1, 0.15) is 24.2 Å². The van der Waals surface area contributed by atoms with Crippen LogP contribution in [0.15, 0.2) is 72.8 Å². The number of ether oxygens (including phenoxy) is 1. The van der Waals surface area contributed by atoms with Crippen LogP contribution in [0.25, 0.3) is 10.8 Å². The molecule has 4 rings (SSSR count). The summed E-state index contributed by atoms with van der Waals surface area (Å²) >= 11 is 0. The van der Waals surface area contributed by atoms with Crippen molar-refractivity contribution in [1.29, 1.82) is 0 Å². The van der Waals surface area contributed by atoms with E-state index in [2.05, 4.69) is 5.32 Å². The Labute approximate surface area is 176 Å². The van der Waals surface area contributed by atoms with E-state index in [1.807, 2.05) is 79.7 Å². The molecule has 0 saturated carbocycles. The third kappa shape index (κ3) is 4.69. The summed E-state index contributed by atoms with van der Waals surface area (Å²) in [6, 6.07) is 23.9. The fraction of sp³-hybridized carbons (Fsp3) is 0.280. The van der Waals surface area contributed by atoms with Crippen LogP contribution in [0.3, 0.4) is 0 Å². The molecule has 1 fully saturated rings. The minimum atomic E-state index is -0.152. The second kappa shape index (κ2) is 9.09. The first-order valence-corrected chi connectivity index (χ1v) is 10.3. The van der Waals surface area contributed by atoms with E-state index in [0.29, 0.717) is 13.1 Å². The number of amides is 2. The van der Waals surface area contributed by atoms with Gasteiger partial charge in [0.2, 0.25) is 11.8 Å². The third-order valence-electron chi connectivity index (χ3n) is 5.45. The summed E-state index contributed by atoms with van der Waals surface area (Å²) < 4.78 is 6.02. The first-order valence-electron chi connectivity index (χ1n) is 10.3. The molecule has 3 aromatic carbocycles. The highest BCUT2D eigenvalue weighted by Gasteiger charge is 2.29. The maximum atomic E-state index is 12.7. The molecular formula is C25H26N2O3. The lowest BCUT2D eigenvalue weighted by Gasteiger charge is -2.37. The number of carbonyl (C=O) groups is 2. The van der Waals surface area contributed by atoms with Crippen LogP contribution >= 0.6 is 0 Å². The van der Waals surface area contributed by atoms with Gasteiger partial charge in [0.15, 0.2) is 0 Å². The molecule has 2 unspecified atom stereocenters. The number of benzene rings is 3. The van der Waals surface area contributed by atoms with Crippen LogP contribution in [0.4, 0.5) is 0 Å². The summed E-state index contributed by atoms with van der Waals surface area (Å²) in [5.74, 6) is -0.238. The van der Waals surface area contributed by atoms with Gasteiger partial charge in [0.25, 0.3) is 0 Å². The van der Waals surface area contributed by atoms with E-state index in [0.717, 1.165) is 21.9 Å². The number of hydrogen-bond acceptors (Lipinski definition) is 3. The highest BCUT2D eigenvalue weighted by molar-refractivity contribution is 5.91. The van der Waals surface area contributed by atoms with E-state index < -0.39 is 0 Å². The Hall–Kier alpha value is -3.18. The Morgan fingerprint density at radius 3 is 2.53 bits per heavy atom. The first-order chi connectivity index (χ1) is 14.6. The second-order valence-electron chi connectivity index (χ2n) is 7.74. The van der Waals surface area contributed by atoms with Crippen molar-refractivity contribution in [1.82, 2.24) is 10.2 Å². The molecule has 1 aliphatic rings. The van der Waals surface area contributed by atoms with E-state index in [4.69, 9.17) is 4.74 Å². The minimum Gasteiger partial charge on any atom is -0.367 e. The zero-order chi connectivity index (χ0) is 20.9. The maximum Gasteiger partial charge on any atom is 0.242 e. The van der Waals surface area contributed by atoms with Gasteiger partial charge in [-0.3, -0.25) is 9.59 Å². The van der Waals surface area contributed by atoms with Crippen LogP contribution in [0.5, 0.6) is 0 Å². The molecule has 0 bridgehead atoms. The molecule has 2 amide bonds. The molecule has 0 radical (unpaired) electrons. The molecule has 30 heavy (non-hydrogen) atoms. The topological polar surface area (TPSA) is 58.6 Å². The van der Waals surface area contributed by atoms with E-state index >= 15 is 0 Å². The molecule has 1 saturated heterocycles. The van der Waals surface area contributed by atoms with Gasteiger partial charge in [-0.15, -0.1) is 0 Å². The van der Waals surface area contributed by atoms with Gasteiger partial charge in [-0.05, 0) is 28.8 Å². The number of nitrogens with one attached hydrogen (secondary N) is 1. The van der Waals surface area contributed by atoms with Gasteiger partial charge in [0.05, 0.1) is 25.6 Å². The van der Waals surface area contributed by atoms with Crippen molar-refractivity contribution >= 4 is 22.6 Å². The highest BCUT2D eigenvalue weighted by Crippen LogP contribution is 2.25. The fourth-order valence-electron chi connectivity index (χ4n) is 3.97. The van der Waals surface area contributed by atoms with Gasteiger partial charge in [-0.2, -0.15) is 0 Å². The standard InChI is InChI=1S/C25H26N2O3/c1-18-16-27(17-23(30-18)20-9-3-2-4-10-20)25(29)15-26-24(28)14-21-12-7-11-19-8-5-6-13-22(19)21/h2-13,18,23H,14-17H2,1H3,(H,26,28). The number of fused-ring (bicyclic) bond motifs is 1. The van der Waals surface area contributed by atoms with Crippen molar-refractivity contribution in [2.75, 3.05) is 19.6 Å². The Bertz CT molecular complexity index is 1030. The van der Waals surface area contributed by atoms with E-state index in [9.17, 15) is 9.59 Å². The molecule has 1 N–H and O–H groups in total. The van der Waals surface area contributed by atoms with Crippen molar-refractivity contribution in [3.63, 3.8) is 0 Å². The van der Waals surface area contributed by atoms with Gasteiger partial charge >= 0.3 is 0 Å². The quantitative estimate of drug-likeness (QED) is 0.711. The van der Waals surface area contributed by atoms with E-state index in [1.165, 1.54) is 0 Å². The normalized spacial score (nSPS) is 18.9. The Kier molecular flexibility index (Phi) is 6.10. The number of nitrogens with zero attached hydrogens (tertiary/aromatic N) is 1. The summed E-state index contributed by atoms with van der Waals surface area (Å²) in [7, 11) is 0. The summed E-state index contributed by atoms with van der Waals surface area (Å²) in [5, 5.41) is 4.96. The van der Waals surface area contributed by atoms with Gasteiger partial charge in [-0.1, -0.05) is 72.8 Å². The van der Waals surface area contributed by atoms with Crippen molar-refractivity contribution in [3.8, 4) is 0 Å². The average molecular weight is 402 g/mol. The van der Waals surface area contributed by atoms with Gasteiger partial charge in [0.1, 0.15) is 6.10 Å². The van der Waals surface area contributed by atoms with Crippen LogP contribution in [-0.4, -0.2) is 42.5 Å². The lowest BCUT2D eigenvalue weighted by atomic mass is 10.0. The number of rotatable bonds is 5.